The molecule has 1 amide bonds. The quantitative estimate of drug-likeness (QED) is 0.186. The van der Waals surface area contributed by atoms with Crippen LogP contribution < -0.4 is 39.6 Å². The van der Waals surface area contributed by atoms with E-state index in [0.29, 0.717) is 6.42 Å². The van der Waals surface area contributed by atoms with Crippen molar-refractivity contribution < 1.29 is 43.2 Å². The van der Waals surface area contributed by atoms with E-state index >= 15 is 0 Å². The minimum Gasteiger partial charge on any atom is -1.00 e. The Morgan fingerprint density at radius 3 is 2.06 bits per heavy atom. The molecular weight excluding hydrogens is 541 g/mol. The first-order valence-corrected chi connectivity index (χ1v) is 10.2. The summed E-state index contributed by atoms with van der Waals surface area (Å²) >= 11 is 5.67. The summed E-state index contributed by atoms with van der Waals surface area (Å²) in [7, 11) is 1.91. The van der Waals surface area contributed by atoms with Crippen LogP contribution in [0, 0.1) is 0 Å². The van der Waals surface area contributed by atoms with Crippen molar-refractivity contribution in [2.75, 3.05) is 0 Å². The van der Waals surface area contributed by atoms with Gasteiger partial charge >= 0.3 is 5.97 Å². The molecule has 8 heteroatoms. The second-order valence-corrected chi connectivity index (χ2v) is 7.37. The van der Waals surface area contributed by atoms with Crippen LogP contribution in [0.15, 0.2) is 85.1 Å². The molecule has 1 aliphatic heterocycles. The van der Waals surface area contributed by atoms with Gasteiger partial charge in [0.05, 0.1) is 18.9 Å². The molecule has 1 saturated heterocycles. The Hall–Kier alpha value is -2.49. The van der Waals surface area contributed by atoms with Crippen LogP contribution in [-0.4, -0.2) is 17.0 Å². The van der Waals surface area contributed by atoms with Gasteiger partial charge in [-0.15, -0.1) is 0 Å². The Kier molecular flexibility index (Phi) is 12.5. The summed E-state index contributed by atoms with van der Waals surface area (Å²) in [6.45, 7) is 0. The number of carbonyl (C=O) groups excluding carboxylic acids is 1. The number of nitrogens with one attached hydrogen (secondary N) is 1. The lowest BCUT2D eigenvalue weighted by molar-refractivity contribution is -0.669. The molecule has 6 nitrogen and oxygen atoms in total. The number of halogens is 2. The largest absolute Gasteiger partial charge is 1.00 e. The van der Waals surface area contributed by atoms with E-state index in [1.165, 1.54) is 5.56 Å². The van der Waals surface area contributed by atoms with Crippen LogP contribution in [0.5, 0.6) is 0 Å². The van der Waals surface area contributed by atoms with Gasteiger partial charge in [0.1, 0.15) is 7.05 Å². The van der Waals surface area contributed by atoms with Crippen LogP contribution in [0.3, 0.4) is 0 Å². The van der Waals surface area contributed by atoms with Crippen LogP contribution in [0.4, 0.5) is 0 Å². The molecule has 0 spiro atoms. The van der Waals surface area contributed by atoms with Gasteiger partial charge in [-0.2, -0.15) is 4.57 Å². The van der Waals surface area contributed by atoms with Gasteiger partial charge in [-0.05, 0) is 28.8 Å². The summed E-state index contributed by atoms with van der Waals surface area (Å²) in [4.78, 5) is 20.9. The summed E-state index contributed by atoms with van der Waals surface area (Å²) in [5.74, 6) is -0.717. The van der Waals surface area contributed by atoms with E-state index in [0.717, 1.165) is 10.7 Å². The number of hydrogen-bond donors (Lipinski definition) is 3. The summed E-state index contributed by atoms with van der Waals surface area (Å²) in [5, 5.41) is 12.0. The highest BCUT2D eigenvalue weighted by Crippen LogP contribution is 2.22. The number of carbonyl (C=O) groups is 2. The van der Waals surface area contributed by atoms with Gasteiger partial charge in [-0.3, -0.25) is 9.59 Å². The number of hydrogen-bond acceptors (Lipinski definition) is 3. The predicted molar refractivity (Wildman–Crippen MR) is 120 cm³/mol. The maximum atomic E-state index is 10.6. The molecule has 0 saturated carbocycles. The van der Waals surface area contributed by atoms with Crippen molar-refractivity contribution >= 4 is 23.5 Å². The fourth-order valence-electron chi connectivity index (χ4n) is 2.75. The van der Waals surface area contributed by atoms with Gasteiger partial charge in [-0.1, -0.05) is 60.7 Å². The molecule has 0 radical (unpaired) electrons. The highest BCUT2D eigenvalue weighted by atomic mass is 127. The average Bonchev–Trinajstić information content (AvgIpc) is 2.75. The third-order valence-corrected chi connectivity index (χ3v) is 4.93. The molecule has 1 fully saturated rings. The molecule has 2 atom stereocenters. The van der Waals surface area contributed by atoms with Crippen molar-refractivity contribution in [3.8, 4) is 0 Å². The van der Waals surface area contributed by atoms with Gasteiger partial charge in [0.25, 0.3) is 5.15 Å². The highest BCUT2D eigenvalue weighted by molar-refractivity contribution is 6.28. The molecule has 32 heavy (non-hydrogen) atoms. The lowest BCUT2D eigenvalue weighted by Gasteiger charge is -2.26. The summed E-state index contributed by atoms with van der Waals surface area (Å²) in [5.41, 5.74) is 7.68. The second kappa shape index (κ2) is 14.5. The molecule has 4 N–H and O–H groups in total. The maximum absolute atomic E-state index is 10.6. The Bertz CT molecular complexity index is 945. The van der Waals surface area contributed by atoms with Crippen molar-refractivity contribution in [3.05, 3.63) is 101 Å². The number of aromatic nitrogens is 1. The zero-order valence-corrected chi connectivity index (χ0v) is 20.6. The van der Waals surface area contributed by atoms with Crippen LogP contribution in [-0.2, 0) is 16.6 Å². The number of carboxylic acids is 1. The van der Waals surface area contributed by atoms with E-state index in [9.17, 15) is 9.59 Å². The molecule has 4 rings (SSSR count). The van der Waals surface area contributed by atoms with Gasteiger partial charge in [-0.25, -0.2) is 0 Å². The number of β-lactam (4-membered cyclic amide) rings is 1. The van der Waals surface area contributed by atoms with Crippen molar-refractivity contribution in [2.24, 2.45) is 12.8 Å². The first kappa shape index (κ1) is 27.5. The van der Waals surface area contributed by atoms with Crippen LogP contribution in [0.2, 0.25) is 5.15 Å². The normalized spacial score (nSPS) is 14.6. The number of benzene rings is 2. The molecule has 0 aliphatic carbocycles. The Morgan fingerprint density at radius 2 is 1.62 bits per heavy atom. The van der Waals surface area contributed by atoms with E-state index < -0.39 is 12.0 Å². The molecule has 3 aromatic rings. The third kappa shape index (κ3) is 9.76. The van der Waals surface area contributed by atoms with Gasteiger partial charge in [0, 0.05) is 18.2 Å². The van der Waals surface area contributed by atoms with Crippen LogP contribution in [0.25, 0.3) is 0 Å². The molecule has 2 aromatic carbocycles. The van der Waals surface area contributed by atoms with E-state index in [4.69, 9.17) is 22.4 Å². The van der Waals surface area contributed by atoms with Crippen molar-refractivity contribution in [3.63, 3.8) is 0 Å². The number of amides is 1. The second-order valence-electron chi connectivity index (χ2n) is 6.98. The predicted octanol–water partition coefficient (Wildman–Crippen LogP) is 0.577. The number of carboxylic acid groups (broad SMARTS) is 1. The topological polar surface area (TPSA) is 96.3 Å². The van der Waals surface area contributed by atoms with E-state index in [2.05, 4.69) is 5.32 Å². The molecular formula is C24H27ClIN3O3. The van der Waals surface area contributed by atoms with Crippen molar-refractivity contribution in [1.82, 2.24) is 5.32 Å². The highest BCUT2D eigenvalue weighted by Gasteiger charge is 2.25. The average molecular weight is 568 g/mol. The Labute approximate surface area is 210 Å². The van der Waals surface area contributed by atoms with E-state index in [1.807, 2.05) is 96.7 Å². The maximum Gasteiger partial charge on any atom is 0.305 e. The standard InChI is InChI=1S/C9H11NO2.C9H9NO.C6H7ClN.HI/c10-8(6-9(11)12)7-4-2-1-3-5-7;11-9-6-8(10-9)7-4-2-1-3-5-7;1-8-5-3-2-4-6(8)7;/h1-5,8H,6,10H2,(H,11,12);1-5,8H,6H2,(H,10,11);2-5H,1H3;1H/q;;+1;/p-1. The Balaban J connectivity index is 0.000000241. The molecule has 0 bridgehead atoms. The SMILES string of the molecule is C[n+]1ccccc1Cl.NC(CC(=O)O)c1ccccc1.O=C1CC(c2ccccc2)N1.[I-]. The zero-order chi connectivity index (χ0) is 22.6. The fourth-order valence-corrected chi connectivity index (χ4v) is 2.88. The smallest absolute Gasteiger partial charge is 0.305 e. The monoisotopic (exact) mass is 567 g/mol. The number of rotatable bonds is 4. The molecule has 2 heterocycles. The lowest BCUT2D eigenvalue weighted by Crippen LogP contribution is -3.00. The fraction of sp³-hybridized carbons (Fsp3) is 0.208. The van der Waals surface area contributed by atoms with E-state index in [-0.39, 0.29) is 42.3 Å². The number of aryl methyl sites for hydroxylation is 1. The molecule has 1 aromatic heterocycles. The van der Waals surface area contributed by atoms with E-state index in [1.54, 1.807) is 0 Å². The Morgan fingerprint density at radius 1 is 1.09 bits per heavy atom. The number of nitrogens with two attached hydrogens (primary N) is 1. The lowest BCUT2D eigenvalue weighted by atomic mass is 9.98. The number of pyridine rings is 1. The zero-order valence-electron chi connectivity index (χ0n) is 17.7. The molecule has 170 valence electrons. The van der Waals surface area contributed by atoms with Crippen molar-refractivity contribution in [2.45, 2.75) is 24.9 Å². The third-order valence-electron chi connectivity index (χ3n) is 4.54. The van der Waals surface area contributed by atoms with Crippen LogP contribution in [0.1, 0.15) is 36.1 Å². The van der Waals surface area contributed by atoms with Crippen molar-refractivity contribution in [1.29, 1.82) is 0 Å². The summed E-state index contributed by atoms with van der Waals surface area (Å²) < 4.78 is 1.85. The van der Waals surface area contributed by atoms with Gasteiger partial charge in [0.15, 0.2) is 6.20 Å². The first-order chi connectivity index (χ1) is 14.9. The minimum atomic E-state index is -0.869. The van der Waals surface area contributed by atoms with Crippen LogP contribution >= 0.6 is 11.6 Å². The summed E-state index contributed by atoms with van der Waals surface area (Å²) in [6, 6.07) is 24.8. The van der Waals surface area contributed by atoms with Gasteiger partial charge in [0.2, 0.25) is 5.91 Å². The number of aliphatic carboxylic acids is 1. The first-order valence-electron chi connectivity index (χ1n) is 9.83. The number of nitrogens with zero attached hydrogens (tertiary/aromatic N) is 1. The molecule has 1 aliphatic rings. The van der Waals surface area contributed by atoms with Gasteiger partial charge < -0.3 is 40.1 Å². The summed E-state index contributed by atoms with van der Waals surface area (Å²) in [6.07, 6.45) is 2.52. The molecule has 2 unspecified atom stereocenters. The minimum absolute atomic E-state index is 0.